The second-order valence-corrected chi connectivity index (χ2v) is 4.86. The van der Waals surface area contributed by atoms with Crippen molar-refractivity contribution in [1.82, 2.24) is 10.6 Å². The van der Waals surface area contributed by atoms with Gasteiger partial charge in [0.2, 0.25) is 5.91 Å². The van der Waals surface area contributed by atoms with E-state index in [2.05, 4.69) is 16.0 Å². The van der Waals surface area contributed by atoms with Crippen molar-refractivity contribution in [1.29, 1.82) is 0 Å². The third kappa shape index (κ3) is 5.31. The summed E-state index contributed by atoms with van der Waals surface area (Å²) in [4.78, 5) is 34.9. The molecule has 0 atom stereocenters. The number of hydrogen-bond donors (Lipinski definition) is 3. The Morgan fingerprint density at radius 1 is 1.00 bits per heavy atom. The van der Waals surface area contributed by atoms with Gasteiger partial charge in [-0.1, -0.05) is 17.7 Å². The molecule has 120 valence electrons. The lowest BCUT2D eigenvalue weighted by molar-refractivity contribution is -0.136. The minimum absolute atomic E-state index is 0.220. The van der Waals surface area contributed by atoms with Crippen LogP contribution in [-0.2, 0) is 20.9 Å². The predicted octanol–water partition coefficient (Wildman–Crippen LogP) is 0.959. The monoisotopic (exact) mass is 315 g/mol. The fourth-order valence-electron chi connectivity index (χ4n) is 1.73. The number of benzene rings is 1. The minimum atomic E-state index is -0.876. The van der Waals surface area contributed by atoms with Crippen LogP contribution in [0.25, 0.3) is 0 Å². The number of carbonyl (C=O) groups is 3. The zero-order valence-corrected chi connectivity index (χ0v) is 12.6. The van der Waals surface area contributed by atoms with Crippen molar-refractivity contribution < 1.29 is 18.8 Å². The van der Waals surface area contributed by atoms with Crippen LogP contribution in [0.15, 0.2) is 47.1 Å². The largest absolute Gasteiger partial charge is 0.467 e. The van der Waals surface area contributed by atoms with Crippen LogP contribution in [0.3, 0.4) is 0 Å². The first-order chi connectivity index (χ1) is 11.0. The number of aryl methyl sites for hydroxylation is 1. The molecule has 7 nitrogen and oxygen atoms in total. The Labute approximate surface area is 133 Å². The quantitative estimate of drug-likeness (QED) is 0.715. The van der Waals surface area contributed by atoms with Crippen molar-refractivity contribution in [2.75, 3.05) is 11.9 Å². The van der Waals surface area contributed by atoms with E-state index in [1.165, 1.54) is 6.26 Å². The Morgan fingerprint density at radius 3 is 2.39 bits per heavy atom. The molecule has 0 unspecified atom stereocenters. The van der Waals surface area contributed by atoms with E-state index in [1.807, 2.05) is 19.1 Å². The van der Waals surface area contributed by atoms with Crippen molar-refractivity contribution in [3.8, 4) is 0 Å². The maximum atomic E-state index is 11.7. The smallest absolute Gasteiger partial charge is 0.313 e. The number of nitrogens with one attached hydrogen (secondary N) is 3. The van der Waals surface area contributed by atoms with E-state index in [-0.39, 0.29) is 13.1 Å². The maximum Gasteiger partial charge on any atom is 0.313 e. The number of furan rings is 1. The molecule has 0 saturated carbocycles. The highest BCUT2D eigenvalue weighted by atomic mass is 16.3. The summed E-state index contributed by atoms with van der Waals surface area (Å²) < 4.78 is 5.06. The van der Waals surface area contributed by atoms with Gasteiger partial charge in [0, 0.05) is 5.69 Å². The molecule has 0 spiro atoms. The lowest BCUT2D eigenvalue weighted by Crippen LogP contribution is -2.41. The Balaban J connectivity index is 1.71. The van der Waals surface area contributed by atoms with E-state index in [0.29, 0.717) is 11.4 Å². The molecule has 0 aliphatic heterocycles. The number of rotatable bonds is 5. The van der Waals surface area contributed by atoms with Crippen LogP contribution in [-0.4, -0.2) is 24.3 Å². The zero-order valence-electron chi connectivity index (χ0n) is 12.6. The van der Waals surface area contributed by atoms with Crippen LogP contribution in [0.4, 0.5) is 5.69 Å². The van der Waals surface area contributed by atoms with E-state index < -0.39 is 17.7 Å². The van der Waals surface area contributed by atoms with Crippen molar-refractivity contribution in [2.24, 2.45) is 0 Å². The van der Waals surface area contributed by atoms with E-state index in [4.69, 9.17) is 4.42 Å². The second-order valence-electron chi connectivity index (χ2n) is 4.86. The highest BCUT2D eigenvalue weighted by Gasteiger charge is 2.14. The van der Waals surface area contributed by atoms with Gasteiger partial charge in [0.15, 0.2) is 0 Å². The molecule has 3 N–H and O–H groups in total. The van der Waals surface area contributed by atoms with Gasteiger partial charge in [-0.3, -0.25) is 14.4 Å². The average molecular weight is 315 g/mol. The van der Waals surface area contributed by atoms with E-state index >= 15 is 0 Å². The summed E-state index contributed by atoms with van der Waals surface area (Å²) in [5.74, 6) is -1.52. The summed E-state index contributed by atoms with van der Waals surface area (Å²) in [5, 5.41) is 7.26. The molecule has 7 heteroatoms. The van der Waals surface area contributed by atoms with Gasteiger partial charge in [-0.2, -0.15) is 0 Å². The van der Waals surface area contributed by atoms with Gasteiger partial charge >= 0.3 is 11.8 Å². The summed E-state index contributed by atoms with van der Waals surface area (Å²) >= 11 is 0. The zero-order chi connectivity index (χ0) is 16.7. The molecule has 1 heterocycles. The van der Waals surface area contributed by atoms with Gasteiger partial charge in [-0.25, -0.2) is 0 Å². The highest BCUT2D eigenvalue weighted by Crippen LogP contribution is 2.08. The molecule has 0 radical (unpaired) electrons. The Bertz CT molecular complexity index is 678. The molecule has 1 aromatic heterocycles. The summed E-state index contributed by atoms with van der Waals surface area (Å²) in [5.41, 5.74) is 1.55. The third-order valence-corrected chi connectivity index (χ3v) is 2.97. The van der Waals surface area contributed by atoms with Gasteiger partial charge < -0.3 is 20.4 Å². The number of amides is 3. The van der Waals surface area contributed by atoms with Crippen molar-refractivity contribution in [2.45, 2.75) is 13.5 Å². The van der Waals surface area contributed by atoms with Gasteiger partial charge in [0.25, 0.3) is 0 Å². The molecule has 0 bridgehead atoms. The Kier molecular flexibility index (Phi) is 5.51. The van der Waals surface area contributed by atoms with E-state index in [9.17, 15) is 14.4 Å². The van der Waals surface area contributed by atoms with Gasteiger partial charge in [0.1, 0.15) is 5.76 Å². The molecule has 1 aromatic carbocycles. The fourth-order valence-corrected chi connectivity index (χ4v) is 1.73. The predicted molar refractivity (Wildman–Crippen MR) is 83.4 cm³/mol. The van der Waals surface area contributed by atoms with Crippen LogP contribution >= 0.6 is 0 Å². The Morgan fingerprint density at radius 2 is 1.74 bits per heavy atom. The van der Waals surface area contributed by atoms with Gasteiger partial charge in [-0.15, -0.1) is 0 Å². The molecule has 3 amide bonds. The number of anilines is 1. The second kappa shape index (κ2) is 7.79. The molecule has 2 aromatic rings. The van der Waals surface area contributed by atoms with Crippen LogP contribution in [0.2, 0.25) is 0 Å². The fraction of sp³-hybridized carbons (Fsp3) is 0.188. The van der Waals surface area contributed by atoms with Crippen molar-refractivity contribution >= 4 is 23.4 Å². The SMILES string of the molecule is Cc1ccc(NC(=O)C(=O)NCC(=O)NCc2ccco2)cc1. The van der Waals surface area contributed by atoms with Crippen LogP contribution in [0.5, 0.6) is 0 Å². The standard InChI is InChI=1S/C16H17N3O4/c1-11-4-6-12(7-5-11)19-16(22)15(21)18-10-14(20)17-9-13-3-2-8-23-13/h2-8H,9-10H2,1H3,(H,17,20)(H,18,21)(H,19,22). The lowest BCUT2D eigenvalue weighted by atomic mass is 10.2. The van der Waals surface area contributed by atoms with Crippen LogP contribution in [0.1, 0.15) is 11.3 Å². The number of carbonyl (C=O) groups excluding carboxylic acids is 3. The molecule has 0 saturated heterocycles. The Hall–Kier alpha value is -3.09. The number of hydrogen-bond acceptors (Lipinski definition) is 4. The first kappa shape index (κ1) is 16.3. The molecule has 0 fully saturated rings. The molecule has 0 aliphatic rings. The van der Waals surface area contributed by atoms with Crippen molar-refractivity contribution in [3.05, 3.63) is 54.0 Å². The van der Waals surface area contributed by atoms with Gasteiger partial charge in [0.05, 0.1) is 19.4 Å². The summed E-state index contributed by atoms with van der Waals surface area (Å²) in [6.45, 7) is 1.85. The average Bonchev–Trinajstić information content (AvgIpc) is 3.06. The van der Waals surface area contributed by atoms with Crippen molar-refractivity contribution in [3.63, 3.8) is 0 Å². The molecular formula is C16H17N3O4. The van der Waals surface area contributed by atoms with Crippen LogP contribution < -0.4 is 16.0 Å². The van der Waals surface area contributed by atoms with E-state index in [0.717, 1.165) is 5.56 Å². The molecular weight excluding hydrogens is 298 g/mol. The summed E-state index contributed by atoms with van der Waals surface area (Å²) in [6, 6.07) is 10.4. The first-order valence-electron chi connectivity index (χ1n) is 6.99. The molecule has 2 rings (SSSR count). The lowest BCUT2D eigenvalue weighted by Gasteiger charge is -2.07. The summed E-state index contributed by atoms with van der Waals surface area (Å²) in [6.07, 6.45) is 1.50. The first-order valence-corrected chi connectivity index (χ1v) is 6.99. The topological polar surface area (TPSA) is 100 Å². The highest BCUT2D eigenvalue weighted by molar-refractivity contribution is 6.39. The summed E-state index contributed by atoms with van der Waals surface area (Å²) in [7, 11) is 0. The minimum Gasteiger partial charge on any atom is -0.467 e. The third-order valence-electron chi connectivity index (χ3n) is 2.97. The maximum absolute atomic E-state index is 11.7. The van der Waals surface area contributed by atoms with E-state index in [1.54, 1.807) is 24.3 Å². The van der Waals surface area contributed by atoms with Gasteiger partial charge in [-0.05, 0) is 31.2 Å². The molecule has 23 heavy (non-hydrogen) atoms. The van der Waals surface area contributed by atoms with Crippen LogP contribution in [0, 0.1) is 6.92 Å². The molecule has 0 aliphatic carbocycles. The normalized spacial score (nSPS) is 9.96.